The number of benzene rings is 2. The Kier molecular flexibility index (Phi) is 6.07. The second-order valence-electron chi connectivity index (χ2n) is 6.62. The minimum absolute atomic E-state index is 0.108. The molecule has 1 heterocycles. The summed E-state index contributed by atoms with van der Waals surface area (Å²) in [5.74, 6) is -0.318. The number of hydrogen-bond acceptors (Lipinski definition) is 3. The predicted octanol–water partition coefficient (Wildman–Crippen LogP) is 2.74. The van der Waals surface area contributed by atoms with E-state index in [0.717, 1.165) is 11.1 Å². The van der Waals surface area contributed by atoms with Gasteiger partial charge in [0.1, 0.15) is 13.2 Å². The normalized spacial score (nSPS) is 11.7. The summed E-state index contributed by atoms with van der Waals surface area (Å²) < 4.78 is 43.7. The van der Waals surface area contributed by atoms with Crippen LogP contribution in [0.4, 0.5) is 13.2 Å². The number of aromatic nitrogens is 2. The first kappa shape index (κ1) is 20.7. The van der Waals surface area contributed by atoms with E-state index in [2.05, 4.69) is 10.1 Å². The lowest BCUT2D eigenvalue weighted by Crippen LogP contribution is -2.32. The van der Waals surface area contributed by atoms with Crippen LogP contribution in [0.1, 0.15) is 11.1 Å². The molecule has 1 aromatic heterocycles. The molecule has 0 aliphatic carbocycles. The molecule has 1 N–H and O–H groups in total. The summed E-state index contributed by atoms with van der Waals surface area (Å²) >= 11 is 0. The van der Waals surface area contributed by atoms with Gasteiger partial charge in [-0.15, -0.1) is 0 Å². The first-order valence-corrected chi connectivity index (χ1v) is 8.88. The largest absolute Gasteiger partial charge is 0.411 e. The van der Waals surface area contributed by atoms with Crippen LogP contribution in [-0.4, -0.2) is 27.8 Å². The summed E-state index contributed by atoms with van der Waals surface area (Å²) in [7, 11) is 1.65. The van der Waals surface area contributed by atoms with E-state index < -0.39 is 12.8 Å². The maximum Gasteiger partial charge on any atom is 0.411 e. The monoisotopic (exact) mass is 407 g/mol. The summed E-state index contributed by atoms with van der Waals surface area (Å²) in [5.41, 5.74) is 2.53. The molecule has 9 heteroatoms. The Hall–Kier alpha value is -3.07. The van der Waals surface area contributed by atoms with Gasteiger partial charge >= 0.3 is 11.9 Å². The zero-order valence-electron chi connectivity index (χ0n) is 15.7. The number of fused-ring (bicyclic) bond motifs is 1. The van der Waals surface area contributed by atoms with E-state index >= 15 is 0 Å². The molecule has 0 aliphatic rings. The number of nitrogens with one attached hydrogen (secondary N) is 1. The summed E-state index contributed by atoms with van der Waals surface area (Å²) in [6.07, 6.45) is -4.35. The van der Waals surface area contributed by atoms with Crippen LogP contribution in [0.2, 0.25) is 0 Å². The minimum atomic E-state index is -4.35. The Morgan fingerprint density at radius 2 is 1.66 bits per heavy atom. The van der Waals surface area contributed by atoms with E-state index in [0.29, 0.717) is 11.1 Å². The van der Waals surface area contributed by atoms with Gasteiger partial charge < -0.3 is 10.1 Å². The number of alkyl halides is 3. The lowest BCUT2D eigenvalue weighted by Gasteiger charge is -2.09. The second-order valence-corrected chi connectivity index (χ2v) is 6.62. The average molecular weight is 407 g/mol. The van der Waals surface area contributed by atoms with Crippen molar-refractivity contribution >= 4 is 16.9 Å². The summed E-state index contributed by atoms with van der Waals surface area (Å²) in [6.45, 7) is -1.31. The van der Waals surface area contributed by atoms with E-state index in [1.165, 1.54) is 9.13 Å². The molecule has 0 saturated carbocycles. The van der Waals surface area contributed by atoms with Gasteiger partial charge in [-0.2, -0.15) is 13.2 Å². The summed E-state index contributed by atoms with van der Waals surface area (Å²) in [6, 6.07) is 13.9. The number of para-hydroxylation sites is 2. The molecule has 0 unspecified atom stereocenters. The van der Waals surface area contributed by atoms with Crippen LogP contribution < -0.4 is 11.0 Å². The maximum absolute atomic E-state index is 12.3. The number of amides is 1. The van der Waals surface area contributed by atoms with Gasteiger partial charge in [0.15, 0.2) is 0 Å². The highest BCUT2D eigenvalue weighted by Crippen LogP contribution is 2.16. The standard InChI is InChI=1S/C20H20F3N3O3/c1-25-16-4-2-3-5-17(16)26(19(25)28)11-18(27)24-10-14-6-8-15(9-7-14)12-29-13-20(21,22)23/h2-9H,10-13H2,1H3,(H,24,27). The Labute approximate surface area is 164 Å². The lowest BCUT2D eigenvalue weighted by molar-refractivity contribution is -0.176. The van der Waals surface area contributed by atoms with Crippen LogP contribution in [0.3, 0.4) is 0 Å². The first-order chi connectivity index (χ1) is 13.7. The highest BCUT2D eigenvalue weighted by Gasteiger charge is 2.27. The fraction of sp³-hybridized carbons (Fsp3) is 0.300. The minimum Gasteiger partial charge on any atom is -0.367 e. The van der Waals surface area contributed by atoms with Crippen LogP contribution in [0.5, 0.6) is 0 Å². The number of imidazole rings is 1. The molecule has 154 valence electrons. The molecule has 0 bridgehead atoms. The molecular formula is C20H20F3N3O3. The Balaban J connectivity index is 1.55. The van der Waals surface area contributed by atoms with Crippen LogP contribution >= 0.6 is 0 Å². The summed E-state index contributed by atoms with van der Waals surface area (Å²) in [5, 5.41) is 2.74. The van der Waals surface area contributed by atoms with E-state index in [-0.39, 0.29) is 31.3 Å². The van der Waals surface area contributed by atoms with Crippen molar-refractivity contribution in [2.45, 2.75) is 25.9 Å². The smallest absolute Gasteiger partial charge is 0.367 e. The van der Waals surface area contributed by atoms with Gasteiger partial charge in [0.25, 0.3) is 0 Å². The number of ether oxygens (including phenoxy) is 1. The van der Waals surface area contributed by atoms with E-state index in [4.69, 9.17) is 0 Å². The second kappa shape index (κ2) is 8.52. The molecule has 2 aromatic carbocycles. The summed E-state index contributed by atoms with van der Waals surface area (Å²) in [4.78, 5) is 24.6. The predicted molar refractivity (Wildman–Crippen MR) is 101 cm³/mol. The van der Waals surface area contributed by atoms with Crippen molar-refractivity contribution in [3.63, 3.8) is 0 Å². The Morgan fingerprint density at radius 3 is 2.31 bits per heavy atom. The SMILES string of the molecule is Cn1c(=O)n(CC(=O)NCc2ccc(COCC(F)(F)F)cc2)c2ccccc21. The molecular weight excluding hydrogens is 387 g/mol. The number of halogens is 3. The molecule has 29 heavy (non-hydrogen) atoms. The number of carbonyl (C=O) groups excluding carboxylic acids is 1. The number of aryl methyl sites for hydroxylation is 1. The third kappa shape index (κ3) is 5.26. The van der Waals surface area contributed by atoms with Crippen molar-refractivity contribution in [1.82, 2.24) is 14.5 Å². The Morgan fingerprint density at radius 1 is 1.03 bits per heavy atom. The molecule has 0 atom stereocenters. The van der Waals surface area contributed by atoms with Crippen molar-refractivity contribution in [2.75, 3.05) is 6.61 Å². The molecule has 3 rings (SSSR count). The van der Waals surface area contributed by atoms with Gasteiger partial charge in [-0.25, -0.2) is 4.79 Å². The van der Waals surface area contributed by atoms with E-state index in [1.54, 1.807) is 43.4 Å². The van der Waals surface area contributed by atoms with Gasteiger partial charge in [-0.05, 0) is 23.3 Å². The van der Waals surface area contributed by atoms with Crippen LogP contribution in [0, 0.1) is 0 Å². The van der Waals surface area contributed by atoms with Gasteiger partial charge in [-0.1, -0.05) is 36.4 Å². The molecule has 3 aromatic rings. The first-order valence-electron chi connectivity index (χ1n) is 8.88. The van der Waals surface area contributed by atoms with Crippen LogP contribution in [0.25, 0.3) is 11.0 Å². The quantitative estimate of drug-likeness (QED) is 0.655. The molecule has 0 spiro atoms. The highest BCUT2D eigenvalue weighted by atomic mass is 19.4. The Bertz CT molecular complexity index is 1050. The molecule has 1 amide bonds. The van der Waals surface area contributed by atoms with Crippen LogP contribution in [0.15, 0.2) is 53.3 Å². The van der Waals surface area contributed by atoms with E-state index in [9.17, 15) is 22.8 Å². The lowest BCUT2D eigenvalue weighted by atomic mass is 10.1. The fourth-order valence-electron chi connectivity index (χ4n) is 2.95. The topological polar surface area (TPSA) is 65.3 Å². The van der Waals surface area contributed by atoms with Gasteiger partial charge in [0, 0.05) is 13.6 Å². The van der Waals surface area contributed by atoms with Crippen LogP contribution in [-0.2, 0) is 36.3 Å². The molecule has 0 fully saturated rings. The molecule has 0 aliphatic heterocycles. The average Bonchev–Trinajstić information content (AvgIpc) is 2.92. The molecule has 0 radical (unpaired) electrons. The number of rotatable bonds is 7. The van der Waals surface area contributed by atoms with E-state index in [1.807, 2.05) is 12.1 Å². The van der Waals surface area contributed by atoms with Gasteiger partial charge in [0.05, 0.1) is 17.6 Å². The van der Waals surface area contributed by atoms with Crippen molar-refractivity contribution in [3.05, 3.63) is 70.1 Å². The third-order valence-corrected chi connectivity index (χ3v) is 4.40. The highest BCUT2D eigenvalue weighted by molar-refractivity contribution is 5.80. The number of hydrogen-bond donors (Lipinski definition) is 1. The number of nitrogens with zero attached hydrogens (tertiary/aromatic N) is 2. The fourth-order valence-corrected chi connectivity index (χ4v) is 2.95. The van der Waals surface area contributed by atoms with Crippen molar-refractivity contribution in [2.24, 2.45) is 7.05 Å². The van der Waals surface area contributed by atoms with Gasteiger partial charge in [0.2, 0.25) is 5.91 Å². The van der Waals surface area contributed by atoms with Crippen molar-refractivity contribution in [1.29, 1.82) is 0 Å². The van der Waals surface area contributed by atoms with Gasteiger partial charge in [-0.3, -0.25) is 13.9 Å². The zero-order chi connectivity index (χ0) is 21.0. The van der Waals surface area contributed by atoms with Crippen molar-refractivity contribution in [3.8, 4) is 0 Å². The molecule has 6 nitrogen and oxygen atoms in total. The zero-order valence-corrected chi connectivity index (χ0v) is 15.7. The van der Waals surface area contributed by atoms with Crippen molar-refractivity contribution < 1.29 is 22.7 Å². The maximum atomic E-state index is 12.3. The molecule has 0 saturated heterocycles. The third-order valence-electron chi connectivity index (χ3n) is 4.40. The number of carbonyl (C=O) groups is 1.